The fourth-order valence-electron chi connectivity index (χ4n) is 0.397. The number of pyridine rings is 1. The number of aromatic nitrogens is 1. The van der Waals surface area contributed by atoms with Crippen LogP contribution in [0.2, 0.25) is 5.02 Å². The second-order valence-corrected chi connectivity index (χ2v) is 2.88. The number of hydrogen-bond acceptors (Lipinski definition) is 1. The molecule has 0 saturated carbocycles. The first-order valence-corrected chi connectivity index (χ1v) is 3.63. The van der Waals surface area contributed by atoms with Crippen LogP contribution >= 0.6 is 34.2 Å². The van der Waals surface area contributed by atoms with E-state index in [4.69, 9.17) is 11.6 Å². The zero-order chi connectivity index (χ0) is 6.85. The van der Waals surface area contributed by atoms with E-state index < -0.39 is 5.95 Å². The molecule has 4 heteroatoms. The predicted octanol–water partition coefficient (Wildman–Crippen LogP) is 2.48. The maximum Gasteiger partial charge on any atom is 0.227 e. The second-order valence-electron chi connectivity index (χ2n) is 1.40. The fourth-order valence-corrected chi connectivity index (χ4v) is 0.850. The van der Waals surface area contributed by atoms with E-state index in [2.05, 4.69) is 4.98 Å². The van der Waals surface area contributed by atoms with Gasteiger partial charge in [-0.2, -0.15) is 4.39 Å². The van der Waals surface area contributed by atoms with Crippen LogP contribution in [0.15, 0.2) is 12.3 Å². The van der Waals surface area contributed by atoms with Crippen LogP contribution in [0, 0.1) is 9.52 Å². The van der Waals surface area contributed by atoms with Crippen molar-refractivity contribution >= 4 is 34.2 Å². The highest BCUT2D eigenvalue weighted by Crippen LogP contribution is 2.18. The van der Waals surface area contributed by atoms with Gasteiger partial charge in [-0.15, -0.1) is 0 Å². The molecule has 1 nitrogen and oxygen atoms in total. The first-order valence-electron chi connectivity index (χ1n) is 2.17. The lowest BCUT2D eigenvalue weighted by Crippen LogP contribution is -1.85. The molecule has 1 aromatic rings. The highest BCUT2D eigenvalue weighted by atomic mass is 127. The van der Waals surface area contributed by atoms with Gasteiger partial charge in [0.2, 0.25) is 5.95 Å². The van der Waals surface area contributed by atoms with Gasteiger partial charge in [-0.3, -0.25) is 0 Å². The van der Waals surface area contributed by atoms with Crippen LogP contribution < -0.4 is 0 Å². The first-order chi connectivity index (χ1) is 4.22. The number of nitrogens with zero attached hydrogens (tertiary/aromatic N) is 1. The maximum absolute atomic E-state index is 12.4. The maximum atomic E-state index is 12.4. The van der Waals surface area contributed by atoms with Gasteiger partial charge in [-0.1, -0.05) is 11.6 Å². The molecule has 0 unspecified atom stereocenters. The van der Waals surface area contributed by atoms with E-state index in [9.17, 15) is 4.39 Å². The minimum absolute atomic E-state index is 0.372. The lowest BCUT2D eigenvalue weighted by Gasteiger charge is -1.92. The molecule has 1 aromatic heterocycles. The summed E-state index contributed by atoms with van der Waals surface area (Å²) in [5.74, 6) is -0.511. The van der Waals surface area contributed by atoms with Crippen LogP contribution in [-0.2, 0) is 0 Å². The molecule has 0 spiro atoms. The molecule has 0 radical (unpaired) electrons. The Bertz CT molecular complexity index is 208. The Balaban J connectivity index is 3.25. The Hall–Kier alpha value is 0.100. The van der Waals surface area contributed by atoms with Crippen molar-refractivity contribution in [2.75, 3.05) is 0 Å². The van der Waals surface area contributed by atoms with Crippen molar-refractivity contribution in [2.24, 2.45) is 0 Å². The molecule has 0 amide bonds. The zero-order valence-corrected chi connectivity index (χ0v) is 7.15. The molecule has 9 heavy (non-hydrogen) atoms. The van der Waals surface area contributed by atoms with Crippen LogP contribution in [0.5, 0.6) is 0 Å². The third-order valence-corrected chi connectivity index (χ3v) is 2.46. The van der Waals surface area contributed by atoms with Crippen molar-refractivity contribution in [2.45, 2.75) is 0 Å². The Kier molecular flexibility index (Phi) is 2.23. The van der Waals surface area contributed by atoms with Crippen LogP contribution in [0.3, 0.4) is 0 Å². The molecular weight excluding hydrogens is 255 g/mol. The van der Waals surface area contributed by atoms with E-state index in [1.807, 2.05) is 0 Å². The van der Waals surface area contributed by atoms with Crippen LogP contribution in [0.25, 0.3) is 0 Å². The molecule has 0 aliphatic heterocycles. The van der Waals surface area contributed by atoms with Gasteiger partial charge in [0.25, 0.3) is 0 Å². The Morgan fingerprint density at radius 2 is 2.33 bits per heavy atom. The molecule has 0 aliphatic rings. The normalized spacial score (nSPS) is 9.67. The minimum Gasteiger partial charge on any atom is -0.227 e. The van der Waals surface area contributed by atoms with Crippen molar-refractivity contribution in [3.63, 3.8) is 0 Å². The summed E-state index contributed by atoms with van der Waals surface area (Å²) in [5.41, 5.74) is 0. The van der Waals surface area contributed by atoms with E-state index in [0.29, 0.717) is 8.59 Å². The fraction of sp³-hybridized carbons (Fsp3) is 0. The van der Waals surface area contributed by atoms with Gasteiger partial charge >= 0.3 is 0 Å². The Labute approximate surface area is 70.4 Å². The van der Waals surface area contributed by atoms with Gasteiger partial charge in [-0.25, -0.2) is 4.98 Å². The Morgan fingerprint density at radius 3 is 2.78 bits per heavy atom. The summed E-state index contributed by atoms with van der Waals surface area (Å²) < 4.78 is 12.7. The van der Waals surface area contributed by atoms with Gasteiger partial charge in [0.15, 0.2) is 0 Å². The molecule has 1 heterocycles. The standard InChI is InChI=1S/C5H2ClFIN/c6-3-1-2-9-5(7)4(3)8/h1-2H. The number of halogens is 3. The summed E-state index contributed by atoms with van der Waals surface area (Å²) in [5, 5.41) is 0.406. The molecule has 0 fully saturated rings. The molecule has 0 saturated heterocycles. The van der Waals surface area contributed by atoms with E-state index >= 15 is 0 Å². The average Bonchev–Trinajstić information content (AvgIpc) is 1.83. The lowest BCUT2D eigenvalue weighted by molar-refractivity contribution is 0.576. The quantitative estimate of drug-likeness (QED) is 0.514. The van der Waals surface area contributed by atoms with E-state index in [1.165, 1.54) is 6.20 Å². The number of hydrogen-bond donors (Lipinski definition) is 0. The van der Waals surface area contributed by atoms with E-state index in [1.54, 1.807) is 28.7 Å². The van der Waals surface area contributed by atoms with Crippen molar-refractivity contribution in [1.29, 1.82) is 0 Å². The first kappa shape index (κ1) is 7.21. The average molecular weight is 257 g/mol. The predicted molar refractivity (Wildman–Crippen MR) is 41.9 cm³/mol. The number of rotatable bonds is 0. The van der Waals surface area contributed by atoms with Crippen LogP contribution in [0.1, 0.15) is 0 Å². The largest absolute Gasteiger partial charge is 0.227 e. The van der Waals surface area contributed by atoms with Crippen molar-refractivity contribution in [1.82, 2.24) is 4.98 Å². The monoisotopic (exact) mass is 257 g/mol. The summed E-state index contributed by atoms with van der Waals surface area (Å²) in [4.78, 5) is 3.38. The SMILES string of the molecule is Fc1nccc(Cl)c1I. The van der Waals surface area contributed by atoms with Gasteiger partial charge in [0.05, 0.1) is 8.59 Å². The van der Waals surface area contributed by atoms with Crippen molar-refractivity contribution in [3.05, 3.63) is 26.8 Å². The van der Waals surface area contributed by atoms with Gasteiger partial charge < -0.3 is 0 Å². The van der Waals surface area contributed by atoms with Gasteiger partial charge in [0, 0.05) is 6.20 Å². The van der Waals surface area contributed by atoms with Crippen LogP contribution in [-0.4, -0.2) is 4.98 Å². The smallest absolute Gasteiger partial charge is 0.227 e. The third kappa shape index (κ3) is 1.52. The molecular formula is C5H2ClFIN. The van der Waals surface area contributed by atoms with Gasteiger partial charge in [-0.05, 0) is 28.7 Å². The highest BCUT2D eigenvalue weighted by molar-refractivity contribution is 14.1. The summed E-state index contributed by atoms with van der Waals surface area (Å²) in [7, 11) is 0. The molecule has 1 rings (SSSR count). The summed E-state index contributed by atoms with van der Waals surface area (Å²) in [6, 6.07) is 1.55. The molecule has 0 aromatic carbocycles. The summed E-state index contributed by atoms with van der Waals surface area (Å²) >= 11 is 7.33. The van der Waals surface area contributed by atoms with Crippen molar-refractivity contribution < 1.29 is 4.39 Å². The summed E-state index contributed by atoms with van der Waals surface area (Å²) in [6.45, 7) is 0. The molecule has 0 bridgehead atoms. The van der Waals surface area contributed by atoms with E-state index in [-0.39, 0.29) is 0 Å². The lowest BCUT2D eigenvalue weighted by atomic mass is 10.5. The summed E-state index contributed by atoms with van der Waals surface area (Å²) in [6.07, 6.45) is 1.33. The molecule has 0 aliphatic carbocycles. The van der Waals surface area contributed by atoms with E-state index in [0.717, 1.165) is 0 Å². The zero-order valence-electron chi connectivity index (χ0n) is 4.24. The van der Waals surface area contributed by atoms with Crippen LogP contribution in [0.4, 0.5) is 4.39 Å². The van der Waals surface area contributed by atoms with Crippen molar-refractivity contribution in [3.8, 4) is 0 Å². The Morgan fingerprint density at radius 1 is 1.67 bits per heavy atom. The molecule has 48 valence electrons. The second kappa shape index (κ2) is 2.79. The topological polar surface area (TPSA) is 12.9 Å². The minimum atomic E-state index is -0.511. The molecule has 0 atom stereocenters. The highest BCUT2D eigenvalue weighted by Gasteiger charge is 2.01. The molecule has 0 N–H and O–H groups in total. The third-order valence-electron chi connectivity index (χ3n) is 0.800. The van der Waals surface area contributed by atoms with Gasteiger partial charge in [0.1, 0.15) is 0 Å².